The second-order valence-electron chi connectivity index (χ2n) is 7.90. The number of carbonyl (C=O) groups excluding carboxylic acids is 2. The molecule has 1 aromatic heterocycles. The van der Waals surface area contributed by atoms with Crippen molar-refractivity contribution in [1.82, 2.24) is 10.5 Å². The van der Waals surface area contributed by atoms with Gasteiger partial charge in [0, 0.05) is 18.1 Å². The van der Waals surface area contributed by atoms with Crippen LogP contribution in [0.4, 0.5) is 14.7 Å². The maximum absolute atomic E-state index is 13.4. The van der Waals surface area contributed by atoms with Gasteiger partial charge in [0.2, 0.25) is 11.8 Å². The first-order valence-electron chi connectivity index (χ1n) is 10.6. The van der Waals surface area contributed by atoms with Gasteiger partial charge in [-0.15, -0.1) is 0 Å². The Kier molecular flexibility index (Phi) is 7.73. The van der Waals surface area contributed by atoms with Crippen molar-refractivity contribution in [3.8, 4) is 0 Å². The number of rotatable bonds is 8. The summed E-state index contributed by atoms with van der Waals surface area (Å²) in [6, 6.07) is 3.10. The number of anilines is 1. The van der Waals surface area contributed by atoms with E-state index >= 15 is 0 Å². The fourth-order valence-corrected chi connectivity index (χ4v) is 3.84. The molecule has 1 aliphatic carbocycles. The summed E-state index contributed by atoms with van der Waals surface area (Å²) in [7, 11) is 0. The van der Waals surface area contributed by atoms with Crippen molar-refractivity contribution >= 4 is 17.7 Å². The molecule has 3 N–H and O–H groups in total. The quantitative estimate of drug-likeness (QED) is 0.582. The van der Waals surface area contributed by atoms with E-state index in [1.54, 1.807) is 6.07 Å². The molecule has 2 atom stereocenters. The molecule has 1 fully saturated rings. The summed E-state index contributed by atoms with van der Waals surface area (Å²) in [5.41, 5.74) is 0.563. The molecule has 1 aliphatic rings. The van der Waals surface area contributed by atoms with Gasteiger partial charge in [0.25, 0.3) is 5.91 Å². The van der Waals surface area contributed by atoms with E-state index in [2.05, 4.69) is 15.8 Å². The van der Waals surface area contributed by atoms with Gasteiger partial charge in [-0.1, -0.05) is 37.8 Å². The van der Waals surface area contributed by atoms with Gasteiger partial charge in [0.1, 0.15) is 17.7 Å². The lowest BCUT2D eigenvalue weighted by Gasteiger charge is -2.19. The highest BCUT2D eigenvalue weighted by Crippen LogP contribution is 2.33. The summed E-state index contributed by atoms with van der Waals surface area (Å²) in [4.78, 5) is 25.1. The molecule has 2 unspecified atom stereocenters. The molecule has 0 bridgehead atoms. The molecule has 31 heavy (non-hydrogen) atoms. The van der Waals surface area contributed by atoms with Crippen molar-refractivity contribution in [3.63, 3.8) is 0 Å². The third kappa shape index (κ3) is 6.10. The molecular weight excluding hydrogens is 408 g/mol. The summed E-state index contributed by atoms with van der Waals surface area (Å²) >= 11 is 0. The third-order valence-electron chi connectivity index (χ3n) is 5.46. The summed E-state index contributed by atoms with van der Waals surface area (Å²) in [5.74, 6) is -2.78. The van der Waals surface area contributed by atoms with Crippen LogP contribution in [0, 0.1) is 11.6 Å². The van der Waals surface area contributed by atoms with E-state index in [1.165, 1.54) is 6.42 Å². The van der Waals surface area contributed by atoms with E-state index in [0.717, 1.165) is 43.5 Å². The average molecular weight is 435 g/mol. The fourth-order valence-electron chi connectivity index (χ4n) is 3.84. The number of hydrogen-bond donors (Lipinski definition) is 3. The van der Waals surface area contributed by atoms with E-state index in [0.29, 0.717) is 24.8 Å². The summed E-state index contributed by atoms with van der Waals surface area (Å²) < 4.78 is 32.0. The lowest BCUT2D eigenvalue weighted by molar-refractivity contribution is -0.133. The predicted octanol–water partition coefficient (Wildman–Crippen LogP) is 3.96. The molecule has 1 heterocycles. The predicted molar refractivity (Wildman–Crippen MR) is 109 cm³/mol. The van der Waals surface area contributed by atoms with E-state index in [-0.39, 0.29) is 11.4 Å². The van der Waals surface area contributed by atoms with Gasteiger partial charge in [0.05, 0.1) is 5.69 Å². The van der Waals surface area contributed by atoms with Crippen LogP contribution in [0.2, 0.25) is 0 Å². The van der Waals surface area contributed by atoms with Gasteiger partial charge in [-0.25, -0.2) is 8.78 Å². The number of aliphatic hydroxyl groups is 1. The first-order valence-corrected chi connectivity index (χ1v) is 10.6. The van der Waals surface area contributed by atoms with Crippen LogP contribution in [0.1, 0.15) is 75.1 Å². The zero-order valence-corrected chi connectivity index (χ0v) is 17.4. The first kappa shape index (κ1) is 22.9. The van der Waals surface area contributed by atoms with Gasteiger partial charge in [-0.05, 0) is 37.0 Å². The Morgan fingerprint density at radius 1 is 1.13 bits per heavy atom. The maximum atomic E-state index is 13.4. The zero-order chi connectivity index (χ0) is 22.4. The van der Waals surface area contributed by atoms with Gasteiger partial charge in [-0.3, -0.25) is 14.9 Å². The van der Waals surface area contributed by atoms with Crippen molar-refractivity contribution in [1.29, 1.82) is 0 Å². The number of aromatic nitrogens is 1. The van der Waals surface area contributed by atoms with Crippen LogP contribution in [0.3, 0.4) is 0 Å². The number of aliphatic hydroxyl groups excluding tert-OH is 1. The van der Waals surface area contributed by atoms with Crippen molar-refractivity contribution in [3.05, 3.63) is 47.2 Å². The number of hydrogen-bond acceptors (Lipinski definition) is 5. The molecule has 2 aromatic rings. The van der Waals surface area contributed by atoms with E-state index in [1.807, 2.05) is 6.92 Å². The largest absolute Gasteiger partial charge is 0.378 e. The van der Waals surface area contributed by atoms with Crippen LogP contribution >= 0.6 is 0 Å². The van der Waals surface area contributed by atoms with Crippen molar-refractivity contribution in [2.75, 3.05) is 5.32 Å². The Morgan fingerprint density at radius 2 is 1.81 bits per heavy atom. The minimum Gasteiger partial charge on any atom is -0.378 e. The van der Waals surface area contributed by atoms with Crippen molar-refractivity contribution < 1.29 is 28.0 Å². The van der Waals surface area contributed by atoms with Crippen LogP contribution in [0.25, 0.3) is 0 Å². The Balaban J connectivity index is 1.63. The number of nitrogens with one attached hydrogen (secondary N) is 2. The SMILES string of the molecule is CCCC(NC(=O)C(O)c1cc(F)cc(F)c1)C(=O)Nc1cc(C2CCCCC2)no1. The molecule has 9 heteroatoms. The van der Waals surface area contributed by atoms with Crippen molar-refractivity contribution in [2.45, 2.75) is 69.9 Å². The summed E-state index contributed by atoms with van der Waals surface area (Å²) in [6.45, 7) is 1.83. The number of carbonyl (C=O) groups is 2. The normalized spacial score (nSPS) is 16.5. The van der Waals surface area contributed by atoms with Gasteiger partial charge in [0.15, 0.2) is 6.10 Å². The van der Waals surface area contributed by atoms with Crippen LogP contribution in [0.5, 0.6) is 0 Å². The monoisotopic (exact) mass is 435 g/mol. The van der Waals surface area contributed by atoms with Crippen molar-refractivity contribution in [2.24, 2.45) is 0 Å². The number of amides is 2. The highest BCUT2D eigenvalue weighted by Gasteiger charge is 2.27. The smallest absolute Gasteiger partial charge is 0.254 e. The van der Waals surface area contributed by atoms with Crippen LogP contribution < -0.4 is 10.6 Å². The van der Waals surface area contributed by atoms with Crippen LogP contribution in [-0.4, -0.2) is 28.1 Å². The lowest BCUT2D eigenvalue weighted by Crippen LogP contribution is -2.45. The molecule has 168 valence electrons. The van der Waals surface area contributed by atoms with Gasteiger partial charge in [-0.2, -0.15) is 0 Å². The number of benzene rings is 1. The standard InChI is InChI=1S/C22H27F2N3O4/c1-2-6-17(25-22(30)20(28)14-9-15(23)11-16(24)10-14)21(29)26-19-12-18(27-31-19)13-7-4-3-5-8-13/h9-13,17,20,28H,2-8H2,1H3,(H,25,30)(H,26,29). The van der Waals surface area contributed by atoms with E-state index in [9.17, 15) is 23.5 Å². The molecule has 1 aromatic carbocycles. The van der Waals surface area contributed by atoms with Crippen LogP contribution in [0.15, 0.2) is 28.8 Å². The Labute approximate surface area is 179 Å². The molecule has 0 saturated heterocycles. The minimum absolute atomic E-state index is 0.189. The van der Waals surface area contributed by atoms with Crippen LogP contribution in [-0.2, 0) is 9.59 Å². The third-order valence-corrected chi connectivity index (χ3v) is 5.46. The van der Waals surface area contributed by atoms with Gasteiger partial charge >= 0.3 is 0 Å². The first-order chi connectivity index (χ1) is 14.9. The topological polar surface area (TPSA) is 104 Å². The average Bonchev–Trinajstić information content (AvgIpc) is 3.21. The molecular formula is C22H27F2N3O4. The molecule has 3 rings (SSSR count). The number of halogens is 2. The Hall–Kier alpha value is -2.81. The summed E-state index contributed by atoms with van der Waals surface area (Å²) in [5, 5.41) is 19.3. The summed E-state index contributed by atoms with van der Waals surface area (Å²) in [6.07, 6.45) is 4.62. The fraction of sp³-hybridized carbons (Fsp3) is 0.500. The molecule has 0 spiro atoms. The minimum atomic E-state index is -1.82. The Bertz CT molecular complexity index is 892. The molecule has 0 radical (unpaired) electrons. The van der Waals surface area contributed by atoms with Gasteiger partial charge < -0.3 is 14.9 Å². The molecule has 1 saturated carbocycles. The molecule has 7 nitrogen and oxygen atoms in total. The highest BCUT2D eigenvalue weighted by atomic mass is 19.1. The molecule has 0 aliphatic heterocycles. The second-order valence-corrected chi connectivity index (χ2v) is 7.90. The highest BCUT2D eigenvalue weighted by molar-refractivity contribution is 5.97. The Morgan fingerprint density at radius 3 is 2.45 bits per heavy atom. The maximum Gasteiger partial charge on any atom is 0.254 e. The second kappa shape index (κ2) is 10.5. The zero-order valence-electron chi connectivity index (χ0n) is 17.4. The lowest BCUT2D eigenvalue weighted by atomic mass is 9.87. The van der Waals surface area contributed by atoms with E-state index in [4.69, 9.17) is 4.52 Å². The van der Waals surface area contributed by atoms with E-state index < -0.39 is 35.6 Å². The number of nitrogens with zero attached hydrogens (tertiary/aromatic N) is 1. The molecule has 2 amide bonds.